The highest BCUT2D eigenvalue weighted by Crippen LogP contribution is 2.38. The SMILES string of the molecule is Nc1oc2cnc(F)c(-c3ccc(F)c(F)c3)c2c1N. The monoisotopic (exact) mass is 279 g/mol. The summed E-state index contributed by atoms with van der Waals surface area (Å²) < 4.78 is 45.4. The van der Waals surface area contributed by atoms with Crippen LogP contribution in [0.25, 0.3) is 22.1 Å². The fraction of sp³-hybridized carbons (Fsp3) is 0. The van der Waals surface area contributed by atoms with Gasteiger partial charge in [-0.25, -0.2) is 13.8 Å². The molecule has 102 valence electrons. The van der Waals surface area contributed by atoms with Crippen LogP contribution in [0.3, 0.4) is 0 Å². The third-order valence-corrected chi connectivity index (χ3v) is 2.96. The lowest BCUT2D eigenvalue weighted by atomic mass is 10.0. The number of furan rings is 1. The van der Waals surface area contributed by atoms with Crippen LogP contribution in [0.15, 0.2) is 28.8 Å². The number of nitrogen functional groups attached to an aromatic ring is 2. The second-order valence-electron chi connectivity index (χ2n) is 4.17. The predicted octanol–water partition coefficient (Wildman–Crippen LogP) is 3.08. The molecule has 0 aliphatic rings. The lowest BCUT2D eigenvalue weighted by Crippen LogP contribution is -1.95. The van der Waals surface area contributed by atoms with Gasteiger partial charge in [0.05, 0.1) is 17.1 Å². The zero-order valence-electron chi connectivity index (χ0n) is 9.95. The molecule has 0 bridgehead atoms. The largest absolute Gasteiger partial charge is 0.437 e. The molecule has 4 N–H and O–H groups in total. The number of nitrogens with zero attached hydrogens (tertiary/aromatic N) is 1. The first kappa shape index (κ1) is 12.3. The second kappa shape index (κ2) is 4.16. The van der Waals surface area contributed by atoms with Crippen LogP contribution in [0.5, 0.6) is 0 Å². The van der Waals surface area contributed by atoms with Crippen molar-refractivity contribution >= 4 is 22.5 Å². The van der Waals surface area contributed by atoms with Crippen LogP contribution in [0.1, 0.15) is 0 Å². The molecule has 0 radical (unpaired) electrons. The number of nitrogens with two attached hydrogens (primary N) is 2. The van der Waals surface area contributed by atoms with Crippen molar-refractivity contribution in [1.29, 1.82) is 0 Å². The average molecular weight is 279 g/mol. The van der Waals surface area contributed by atoms with Gasteiger partial charge >= 0.3 is 0 Å². The van der Waals surface area contributed by atoms with Crippen molar-refractivity contribution in [3.05, 3.63) is 42.0 Å². The fourth-order valence-electron chi connectivity index (χ4n) is 2.03. The van der Waals surface area contributed by atoms with Gasteiger partial charge < -0.3 is 15.9 Å². The third kappa shape index (κ3) is 1.67. The maximum absolute atomic E-state index is 14.0. The Morgan fingerprint density at radius 3 is 2.50 bits per heavy atom. The highest BCUT2D eigenvalue weighted by Gasteiger charge is 2.20. The Hall–Kier alpha value is -2.70. The molecule has 0 saturated heterocycles. The first-order valence-electron chi connectivity index (χ1n) is 5.56. The number of benzene rings is 1. The maximum Gasteiger partial charge on any atom is 0.221 e. The molecule has 0 amide bonds. The number of halogens is 3. The van der Waals surface area contributed by atoms with Crippen LogP contribution >= 0.6 is 0 Å². The van der Waals surface area contributed by atoms with Gasteiger partial charge in [0, 0.05) is 0 Å². The van der Waals surface area contributed by atoms with E-state index in [0.29, 0.717) is 0 Å². The molecule has 2 aromatic heterocycles. The van der Waals surface area contributed by atoms with Gasteiger partial charge in [0.1, 0.15) is 5.69 Å². The van der Waals surface area contributed by atoms with Gasteiger partial charge in [-0.2, -0.15) is 4.39 Å². The molecule has 1 aromatic carbocycles. The molecular formula is C13H8F3N3O. The van der Waals surface area contributed by atoms with Crippen molar-refractivity contribution in [2.24, 2.45) is 0 Å². The Kier molecular flexibility index (Phi) is 2.56. The summed E-state index contributed by atoms with van der Waals surface area (Å²) in [4.78, 5) is 3.50. The van der Waals surface area contributed by atoms with Crippen LogP contribution in [-0.2, 0) is 0 Å². The topological polar surface area (TPSA) is 78.1 Å². The van der Waals surface area contributed by atoms with Crippen molar-refractivity contribution in [1.82, 2.24) is 4.98 Å². The van der Waals surface area contributed by atoms with Crippen molar-refractivity contribution in [2.75, 3.05) is 11.5 Å². The molecule has 0 aliphatic heterocycles. The highest BCUT2D eigenvalue weighted by molar-refractivity contribution is 6.05. The molecule has 0 saturated carbocycles. The van der Waals surface area contributed by atoms with E-state index in [9.17, 15) is 13.2 Å². The average Bonchev–Trinajstić information content (AvgIpc) is 2.70. The van der Waals surface area contributed by atoms with Gasteiger partial charge in [-0.05, 0) is 17.7 Å². The summed E-state index contributed by atoms with van der Waals surface area (Å²) in [5.74, 6) is -3.10. The van der Waals surface area contributed by atoms with E-state index in [-0.39, 0.29) is 33.7 Å². The number of fused-ring (bicyclic) bond motifs is 1. The second-order valence-corrected chi connectivity index (χ2v) is 4.17. The Morgan fingerprint density at radius 2 is 1.80 bits per heavy atom. The molecule has 0 spiro atoms. The van der Waals surface area contributed by atoms with Gasteiger partial charge in [0.2, 0.25) is 11.8 Å². The lowest BCUT2D eigenvalue weighted by Gasteiger charge is -2.05. The van der Waals surface area contributed by atoms with Crippen molar-refractivity contribution in [3.8, 4) is 11.1 Å². The number of hydrogen-bond acceptors (Lipinski definition) is 4. The minimum atomic E-state index is -1.10. The Morgan fingerprint density at radius 1 is 1.05 bits per heavy atom. The lowest BCUT2D eigenvalue weighted by molar-refractivity contribution is 0.509. The Balaban J connectivity index is 2.39. The summed E-state index contributed by atoms with van der Waals surface area (Å²) in [7, 11) is 0. The molecule has 4 nitrogen and oxygen atoms in total. The third-order valence-electron chi connectivity index (χ3n) is 2.96. The van der Waals surface area contributed by atoms with E-state index in [0.717, 1.165) is 18.3 Å². The van der Waals surface area contributed by atoms with Crippen LogP contribution in [-0.4, -0.2) is 4.98 Å². The quantitative estimate of drug-likeness (QED) is 0.671. The first-order valence-corrected chi connectivity index (χ1v) is 5.56. The van der Waals surface area contributed by atoms with E-state index < -0.39 is 17.6 Å². The standard InChI is InChI=1S/C13H8F3N3O/c14-6-2-1-5(3-7(6)15)9-10-8(4-19-12(9)16)20-13(18)11(10)17/h1-4H,17-18H2. The molecule has 3 aromatic rings. The van der Waals surface area contributed by atoms with E-state index in [4.69, 9.17) is 15.9 Å². The highest BCUT2D eigenvalue weighted by atomic mass is 19.2. The predicted molar refractivity (Wildman–Crippen MR) is 68.1 cm³/mol. The van der Waals surface area contributed by atoms with E-state index in [1.165, 1.54) is 6.07 Å². The minimum Gasteiger partial charge on any atom is -0.437 e. The zero-order chi connectivity index (χ0) is 14.4. The van der Waals surface area contributed by atoms with Crippen LogP contribution in [0, 0.1) is 17.6 Å². The Bertz CT molecular complexity index is 829. The van der Waals surface area contributed by atoms with E-state index >= 15 is 0 Å². The summed E-state index contributed by atoms with van der Waals surface area (Å²) in [5.41, 5.74) is 11.5. The number of hydrogen-bond donors (Lipinski definition) is 2. The van der Waals surface area contributed by atoms with Crippen molar-refractivity contribution in [2.45, 2.75) is 0 Å². The Labute approximate surface area is 110 Å². The van der Waals surface area contributed by atoms with E-state index in [1.54, 1.807) is 0 Å². The number of rotatable bonds is 1. The van der Waals surface area contributed by atoms with Crippen LogP contribution in [0.2, 0.25) is 0 Å². The molecule has 0 unspecified atom stereocenters. The maximum atomic E-state index is 14.0. The molecule has 0 aliphatic carbocycles. The number of anilines is 2. The van der Waals surface area contributed by atoms with Gasteiger partial charge in [0.15, 0.2) is 17.2 Å². The first-order chi connectivity index (χ1) is 9.49. The molecule has 3 rings (SSSR count). The number of aromatic nitrogens is 1. The summed E-state index contributed by atoms with van der Waals surface area (Å²) in [5, 5.41) is 0.181. The molecule has 0 fully saturated rings. The molecular weight excluding hydrogens is 271 g/mol. The minimum absolute atomic E-state index is 0.0287. The van der Waals surface area contributed by atoms with E-state index in [1.807, 2.05) is 0 Å². The molecule has 2 heterocycles. The van der Waals surface area contributed by atoms with Crippen molar-refractivity contribution < 1.29 is 17.6 Å². The van der Waals surface area contributed by atoms with Gasteiger partial charge in [-0.3, -0.25) is 0 Å². The summed E-state index contributed by atoms with van der Waals surface area (Å²) in [6, 6.07) is 2.97. The number of pyridine rings is 1. The van der Waals surface area contributed by atoms with Gasteiger partial charge in [-0.15, -0.1) is 0 Å². The molecule has 20 heavy (non-hydrogen) atoms. The molecule has 0 atom stereocenters. The normalized spacial score (nSPS) is 11.2. The summed E-state index contributed by atoms with van der Waals surface area (Å²) in [6.45, 7) is 0. The van der Waals surface area contributed by atoms with Crippen LogP contribution in [0.4, 0.5) is 24.7 Å². The smallest absolute Gasteiger partial charge is 0.221 e. The van der Waals surface area contributed by atoms with E-state index in [2.05, 4.69) is 4.98 Å². The summed E-state index contributed by atoms with van der Waals surface area (Å²) in [6.07, 6.45) is 1.13. The van der Waals surface area contributed by atoms with Crippen molar-refractivity contribution in [3.63, 3.8) is 0 Å². The molecule has 7 heteroatoms. The fourth-order valence-corrected chi connectivity index (χ4v) is 2.03. The van der Waals surface area contributed by atoms with Crippen LogP contribution < -0.4 is 11.5 Å². The van der Waals surface area contributed by atoms with Gasteiger partial charge in [-0.1, -0.05) is 6.07 Å². The summed E-state index contributed by atoms with van der Waals surface area (Å²) >= 11 is 0. The zero-order valence-corrected chi connectivity index (χ0v) is 9.95. The van der Waals surface area contributed by atoms with Gasteiger partial charge in [0.25, 0.3) is 0 Å².